The third-order valence-electron chi connectivity index (χ3n) is 5.20. The van der Waals surface area contributed by atoms with Crippen LogP contribution in [0, 0.1) is 0 Å². The van der Waals surface area contributed by atoms with Crippen molar-refractivity contribution in [3.05, 3.63) is 64.7 Å². The highest BCUT2D eigenvalue weighted by molar-refractivity contribution is 7.89. The number of amides is 1. The molecule has 0 aromatic heterocycles. The van der Waals surface area contributed by atoms with E-state index in [1.807, 2.05) is 0 Å². The van der Waals surface area contributed by atoms with Crippen molar-refractivity contribution in [1.29, 1.82) is 0 Å². The molecule has 0 saturated carbocycles. The van der Waals surface area contributed by atoms with Gasteiger partial charge in [0.2, 0.25) is 10.0 Å². The molecule has 0 radical (unpaired) electrons. The van der Waals surface area contributed by atoms with Crippen molar-refractivity contribution < 1.29 is 13.2 Å². The first kappa shape index (κ1) is 21.8. The topological polar surface area (TPSA) is 69.7 Å². The number of hydrogen-bond acceptors (Lipinski definition) is 4. The number of hydrogen-bond donors (Lipinski definition) is 1. The molecule has 1 N–H and O–H groups in total. The number of carbonyl (C=O) groups excluding carboxylic acids is 1. The molecule has 29 heavy (non-hydrogen) atoms. The molecule has 3 rings (SSSR count). The Bertz CT molecular complexity index is 938. The van der Waals surface area contributed by atoms with Crippen LogP contribution in [-0.2, 0) is 16.6 Å². The van der Waals surface area contributed by atoms with Crippen molar-refractivity contribution in [2.24, 2.45) is 0 Å². The van der Waals surface area contributed by atoms with E-state index in [2.05, 4.69) is 17.3 Å². The van der Waals surface area contributed by atoms with E-state index in [9.17, 15) is 13.2 Å². The summed E-state index contributed by atoms with van der Waals surface area (Å²) in [5.41, 5.74) is 1.39. The Morgan fingerprint density at radius 1 is 1.10 bits per heavy atom. The van der Waals surface area contributed by atoms with Gasteiger partial charge in [0, 0.05) is 30.2 Å². The average molecular weight is 436 g/mol. The number of halogens is 1. The summed E-state index contributed by atoms with van der Waals surface area (Å²) in [4.78, 5) is 14.9. The summed E-state index contributed by atoms with van der Waals surface area (Å²) in [7, 11) is 0.00398. The molecule has 0 atom stereocenters. The van der Waals surface area contributed by atoms with Gasteiger partial charge in [0.05, 0.1) is 4.90 Å². The third-order valence-corrected chi connectivity index (χ3v) is 7.27. The number of nitrogens with zero attached hydrogens (tertiary/aromatic N) is 2. The fourth-order valence-corrected chi connectivity index (χ4v) is 4.60. The average Bonchev–Trinajstić information content (AvgIpc) is 2.70. The maximum absolute atomic E-state index is 12.7. The highest BCUT2D eigenvalue weighted by atomic mass is 35.5. The zero-order chi connectivity index (χ0) is 21.0. The fourth-order valence-electron chi connectivity index (χ4n) is 3.31. The van der Waals surface area contributed by atoms with Gasteiger partial charge in [-0.05, 0) is 74.9 Å². The predicted octanol–water partition coefficient (Wildman–Crippen LogP) is 2.98. The van der Waals surface area contributed by atoms with Crippen LogP contribution in [-0.4, -0.2) is 56.8 Å². The van der Waals surface area contributed by atoms with Gasteiger partial charge in [-0.15, -0.1) is 0 Å². The molecule has 2 aromatic carbocycles. The molecule has 0 aliphatic carbocycles. The minimum atomic E-state index is -3.61. The Labute approximate surface area is 177 Å². The quantitative estimate of drug-likeness (QED) is 0.757. The zero-order valence-electron chi connectivity index (χ0n) is 16.6. The number of carbonyl (C=O) groups is 1. The third kappa shape index (κ3) is 5.57. The van der Waals surface area contributed by atoms with Crippen LogP contribution in [0.5, 0.6) is 0 Å². The Hall–Kier alpha value is -1.93. The van der Waals surface area contributed by atoms with Gasteiger partial charge in [-0.3, -0.25) is 4.79 Å². The van der Waals surface area contributed by atoms with Crippen molar-refractivity contribution in [1.82, 2.24) is 14.5 Å². The predicted molar refractivity (Wildman–Crippen MR) is 115 cm³/mol. The summed E-state index contributed by atoms with van der Waals surface area (Å²) in [5.74, 6) is -0.0896. The second kappa shape index (κ2) is 9.26. The van der Waals surface area contributed by atoms with E-state index in [0.717, 1.165) is 31.5 Å². The monoisotopic (exact) mass is 435 g/mol. The first-order valence-electron chi connectivity index (χ1n) is 9.56. The summed E-state index contributed by atoms with van der Waals surface area (Å²) in [6, 6.07) is 13.4. The fraction of sp³-hybridized carbons (Fsp3) is 0.381. The van der Waals surface area contributed by atoms with Crippen LogP contribution in [0.4, 0.5) is 0 Å². The number of likely N-dealkylation sites (tertiary alicyclic amines) is 1. The minimum absolute atomic E-state index is 0.0896. The summed E-state index contributed by atoms with van der Waals surface area (Å²) < 4.78 is 26.6. The molecule has 1 aliphatic rings. The smallest absolute Gasteiger partial charge is 0.251 e. The van der Waals surface area contributed by atoms with Crippen LogP contribution in [0.25, 0.3) is 0 Å². The maximum atomic E-state index is 12.7. The van der Waals surface area contributed by atoms with E-state index in [-0.39, 0.29) is 23.4 Å². The number of piperidine rings is 1. The number of nitrogens with one attached hydrogen (secondary N) is 1. The lowest BCUT2D eigenvalue weighted by atomic mass is 10.0. The van der Waals surface area contributed by atoms with E-state index in [1.54, 1.807) is 36.4 Å². The van der Waals surface area contributed by atoms with Gasteiger partial charge in [-0.1, -0.05) is 23.7 Å². The van der Waals surface area contributed by atoms with Gasteiger partial charge in [0.1, 0.15) is 0 Å². The van der Waals surface area contributed by atoms with Crippen LogP contribution in [0.2, 0.25) is 5.02 Å². The molecule has 8 heteroatoms. The molecule has 0 spiro atoms. The molecular formula is C21H26ClN3O3S. The summed E-state index contributed by atoms with van der Waals surface area (Å²) in [5, 5.41) is 3.57. The van der Waals surface area contributed by atoms with E-state index >= 15 is 0 Å². The highest BCUT2D eigenvalue weighted by Crippen LogP contribution is 2.19. The van der Waals surface area contributed by atoms with Gasteiger partial charge in [-0.2, -0.15) is 4.31 Å². The minimum Gasteiger partial charge on any atom is -0.349 e. The van der Waals surface area contributed by atoms with Crippen LogP contribution < -0.4 is 5.32 Å². The maximum Gasteiger partial charge on any atom is 0.251 e. The molecule has 6 nitrogen and oxygen atoms in total. The van der Waals surface area contributed by atoms with Crippen LogP contribution in [0.15, 0.2) is 53.4 Å². The van der Waals surface area contributed by atoms with Gasteiger partial charge in [-0.25, -0.2) is 8.42 Å². The SMILES string of the molecule is CN1CCC(NC(=O)c2ccc(CN(C)S(=O)(=O)c3ccc(Cl)cc3)cc2)CC1. The molecule has 1 aliphatic heterocycles. The number of benzene rings is 2. The normalized spacial score (nSPS) is 16.1. The second-order valence-corrected chi connectivity index (χ2v) is 9.94. The van der Waals surface area contributed by atoms with Gasteiger partial charge in [0.25, 0.3) is 5.91 Å². The number of rotatable bonds is 6. The Morgan fingerprint density at radius 3 is 2.28 bits per heavy atom. The molecule has 0 unspecified atom stereocenters. The standard InChI is InChI=1S/C21H26ClN3O3S/c1-24-13-11-19(12-14-24)23-21(26)17-5-3-16(4-6-17)15-25(2)29(27,28)20-9-7-18(22)8-10-20/h3-10,19H,11-15H2,1-2H3,(H,23,26). The zero-order valence-corrected chi connectivity index (χ0v) is 18.2. The lowest BCUT2D eigenvalue weighted by Gasteiger charge is -2.29. The van der Waals surface area contributed by atoms with E-state index in [0.29, 0.717) is 10.6 Å². The van der Waals surface area contributed by atoms with Gasteiger partial charge < -0.3 is 10.2 Å². The van der Waals surface area contributed by atoms with Crippen molar-refractivity contribution >= 4 is 27.5 Å². The van der Waals surface area contributed by atoms with Gasteiger partial charge >= 0.3 is 0 Å². The summed E-state index contributed by atoms with van der Waals surface area (Å²) >= 11 is 5.84. The van der Waals surface area contributed by atoms with Crippen molar-refractivity contribution in [3.8, 4) is 0 Å². The molecule has 1 heterocycles. The second-order valence-electron chi connectivity index (χ2n) is 7.46. The summed E-state index contributed by atoms with van der Waals surface area (Å²) in [6.07, 6.45) is 1.90. The lowest BCUT2D eigenvalue weighted by molar-refractivity contribution is 0.0917. The Morgan fingerprint density at radius 2 is 1.69 bits per heavy atom. The summed E-state index contributed by atoms with van der Waals surface area (Å²) in [6.45, 7) is 2.18. The molecular weight excluding hydrogens is 410 g/mol. The highest BCUT2D eigenvalue weighted by Gasteiger charge is 2.21. The van der Waals surface area contributed by atoms with Crippen molar-refractivity contribution in [2.45, 2.75) is 30.3 Å². The van der Waals surface area contributed by atoms with Crippen molar-refractivity contribution in [3.63, 3.8) is 0 Å². The Kier molecular flexibility index (Phi) is 6.95. The molecule has 1 fully saturated rings. The molecule has 1 saturated heterocycles. The molecule has 156 valence electrons. The van der Waals surface area contributed by atoms with Crippen LogP contribution >= 0.6 is 11.6 Å². The number of sulfonamides is 1. The van der Waals surface area contributed by atoms with E-state index in [1.165, 1.54) is 23.5 Å². The Balaban J connectivity index is 1.61. The first-order valence-corrected chi connectivity index (χ1v) is 11.4. The van der Waals surface area contributed by atoms with E-state index < -0.39 is 10.0 Å². The lowest BCUT2D eigenvalue weighted by Crippen LogP contribution is -2.43. The molecule has 1 amide bonds. The molecule has 2 aromatic rings. The van der Waals surface area contributed by atoms with Crippen LogP contribution in [0.1, 0.15) is 28.8 Å². The van der Waals surface area contributed by atoms with E-state index in [4.69, 9.17) is 11.6 Å². The van der Waals surface area contributed by atoms with Crippen molar-refractivity contribution in [2.75, 3.05) is 27.2 Å². The molecule has 0 bridgehead atoms. The van der Waals surface area contributed by atoms with Gasteiger partial charge in [0.15, 0.2) is 0 Å². The largest absolute Gasteiger partial charge is 0.349 e. The van der Waals surface area contributed by atoms with Crippen LogP contribution in [0.3, 0.4) is 0 Å². The first-order chi connectivity index (χ1) is 13.8.